The van der Waals surface area contributed by atoms with E-state index in [9.17, 15) is 4.79 Å². The number of furan rings is 1. The lowest BCUT2D eigenvalue weighted by atomic mass is 10.0. The van der Waals surface area contributed by atoms with Crippen LogP contribution in [-0.4, -0.2) is 16.1 Å². The van der Waals surface area contributed by atoms with Crippen molar-refractivity contribution in [3.8, 4) is 0 Å². The largest absolute Gasteiger partial charge is 0.444 e. The van der Waals surface area contributed by atoms with Gasteiger partial charge in [-0.1, -0.05) is 43.2 Å². The number of aromatic nitrogens is 2. The second-order valence-electron chi connectivity index (χ2n) is 5.63. The van der Waals surface area contributed by atoms with Crippen LogP contribution in [0.25, 0.3) is 0 Å². The van der Waals surface area contributed by atoms with E-state index in [0.29, 0.717) is 22.9 Å². The number of nitrogens with one attached hydrogen (secondary N) is 1. The maximum absolute atomic E-state index is 11.9. The first kappa shape index (κ1) is 16.4. The standard InChI is InChI=1S/C17H16BrN3O3/c1-10(2)12-5-3-11(4-6-12)9-15-20-21-17(24-15)19-16(22)13-7-8-14(18)23-13/h3-8,10H,9H2,1-2H3,(H,19,21,22). The number of hydrogen-bond donors (Lipinski definition) is 1. The molecule has 0 spiro atoms. The van der Waals surface area contributed by atoms with Crippen LogP contribution in [0.5, 0.6) is 0 Å². The molecule has 2 heterocycles. The van der Waals surface area contributed by atoms with E-state index in [1.807, 2.05) is 12.1 Å². The van der Waals surface area contributed by atoms with Crippen LogP contribution in [0, 0.1) is 0 Å². The van der Waals surface area contributed by atoms with Crippen molar-refractivity contribution in [1.82, 2.24) is 10.2 Å². The van der Waals surface area contributed by atoms with Crippen LogP contribution in [0.4, 0.5) is 6.01 Å². The minimum absolute atomic E-state index is 0.0429. The Morgan fingerprint density at radius 2 is 1.88 bits per heavy atom. The average molecular weight is 390 g/mol. The van der Waals surface area contributed by atoms with E-state index in [2.05, 4.69) is 57.4 Å². The third-order valence-electron chi connectivity index (χ3n) is 3.49. The van der Waals surface area contributed by atoms with Gasteiger partial charge in [-0.15, -0.1) is 5.10 Å². The minimum Gasteiger partial charge on any atom is -0.444 e. The van der Waals surface area contributed by atoms with Crippen molar-refractivity contribution in [1.29, 1.82) is 0 Å². The molecule has 0 saturated heterocycles. The first-order chi connectivity index (χ1) is 11.5. The fraction of sp³-hybridized carbons (Fsp3) is 0.235. The number of benzene rings is 1. The molecule has 0 fully saturated rings. The van der Waals surface area contributed by atoms with Gasteiger partial charge in [-0.3, -0.25) is 10.1 Å². The van der Waals surface area contributed by atoms with Crippen LogP contribution in [0.2, 0.25) is 0 Å². The zero-order valence-electron chi connectivity index (χ0n) is 13.2. The van der Waals surface area contributed by atoms with Gasteiger partial charge in [0, 0.05) is 0 Å². The third-order valence-corrected chi connectivity index (χ3v) is 3.91. The summed E-state index contributed by atoms with van der Waals surface area (Å²) in [5, 5.41) is 10.3. The molecule has 0 unspecified atom stereocenters. The summed E-state index contributed by atoms with van der Waals surface area (Å²) in [6.45, 7) is 4.30. The first-order valence-corrected chi connectivity index (χ1v) is 8.28. The second-order valence-corrected chi connectivity index (χ2v) is 6.41. The number of halogens is 1. The molecule has 0 aliphatic carbocycles. The normalized spacial score (nSPS) is 11.0. The topological polar surface area (TPSA) is 81.2 Å². The fourth-order valence-corrected chi connectivity index (χ4v) is 2.47. The maximum atomic E-state index is 11.9. The van der Waals surface area contributed by atoms with Gasteiger partial charge in [-0.05, 0) is 45.1 Å². The van der Waals surface area contributed by atoms with Gasteiger partial charge >= 0.3 is 6.01 Å². The van der Waals surface area contributed by atoms with E-state index >= 15 is 0 Å². The lowest BCUT2D eigenvalue weighted by Gasteiger charge is -2.05. The molecular weight excluding hydrogens is 374 g/mol. The van der Waals surface area contributed by atoms with E-state index in [1.165, 1.54) is 5.56 Å². The van der Waals surface area contributed by atoms with Crippen LogP contribution in [-0.2, 0) is 6.42 Å². The maximum Gasteiger partial charge on any atom is 0.322 e. The number of carbonyl (C=O) groups is 1. The monoisotopic (exact) mass is 389 g/mol. The second kappa shape index (κ2) is 7.00. The molecule has 1 aromatic carbocycles. The van der Waals surface area contributed by atoms with Gasteiger partial charge in [0.1, 0.15) is 0 Å². The summed E-state index contributed by atoms with van der Waals surface area (Å²) in [4.78, 5) is 11.9. The summed E-state index contributed by atoms with van der Waals surface area (Å²) in [5.74, 6) is 0.636. The molecule has 0 atom stereocenters. The molecular formula is C17H16BrN3O3. The molecule has 2 aromatic heterocycles. The van der Waals surface area contributed by atoms with E-state index in [1.54, 1.807) is 12.1 Å². The molecule has 3 aromatic rings. The first-order valence-electron chi connectivity index (χ1n) is 7.49. The van der Waals surface area contributed by atoms with Crippen LogP contribution < -0.4 is 5.32 Å². The van der Waals surface area contributed by atoms with E-state index in [0.717, 1.165) is 5.56 Å². The number of nitrogens with zero attached hydrogens (tertiary/aromatic N) is 2. The van der Waals surface area contributed by atoms with Crippen LogP contribution in [0.3, 0.4) is 0 Å². The molecule has 0 bridgehead atoms. The predicted octanol–water partition coefficient (Wildman–Crippen LogP) is 4.39. The number of rotatable bonds is 5. The molecule has 1 amide bonds. The van der Waals surface area contributed by atoms with Gasteiger partial charge < -0.3 is 8.83 Å². The Balaban J connectivity index is 1.64. The van der Waals surface area contributed by atoms with Crippen LogP contribution in [0.1, 0.15) is 47.3 Å². The SMILES string of the molecule is CC(C)c1ccc(Cc2nnc(NC(=O)c3ccc(Br)o3)o2)cc1. The number of anilines is 1. The quantitative estimate of drug-likeness (QED) is 0.699. The van der Waals surface area contributed by atoms with E-state index in [4.69, 9.17) is 8.83 Å². The van der Waals surface area contributed by atoms with Crippen molar-refractivity contribution in [2.45, 2.75) is 26.2 Å². The molecule has 6 nitrogen and oxygen atoms in total. The highest BCUT2D eigenvalue weighted by Gasteiger charge is 2.15. The summed E-state index contributed by atoms with van der Waals surface area (Å²) >= 11 is 3.14. The van der Waals surface area contributed by atoms with Gasteiger partial charge in [-0.25, -0.2) is 0 Å². The van der Waals surface area contributed by atoms with Gasteiger partial charge in [0.2, 0.25) is 5.89 Å². The highest BCUT2D eigenvalue weighted by atomic mass is 79.9. The third kappa shape index (κ3) is 3.91. The van der Waals surface area contributed by atoms with E-state index in [-0.39, 0.29) is 11.8 Å². The molecule has 1 N–H and O–H groups in total. The Bertz CT molecular complexity index is 837. The lowest BCUT2D eigenvalue weighted by molar-refractivity contribution is 0.0992. The van der Waals surface area contributed by atoms with Gasteiger partial charge in [0.15, 0.2) is 10.4 Å². The molecule has 3 rings (SSSR count). The number of carbonyl (C=O) groups excluding carboxylic acids is 1. The predicted molar refractivity (Wildman–Crippen MR) is 92.0 cm³/mol. The van der Waals surface area contributed by atoms with Gasteiger partial charge in [0.25, 0.3) is 5.91 Å². The number of hydrogen-bond acceptors (Lipinski definition) is 5. The molecule has 0 aliphatic heterocycles. The Morgan fingerprint density at radius 3 is 2.50 bits per heavy atom. The summed E-state index contributed by atoms with van der Waals surface area (Å²) in [7, 11) is 0. The Labute approximate surface area is 147 Å². The van der Waals surface area contributed by atoms with Crippen LogP contribution in [0.15, 0.2) is 49.9 Å². The highest BCUT2D eigenvalue weighted by molar-refractivity contribution is 9.10. The van der Waals surface area contributed by atoms with Gasteiger partial charge in [0.05, 0.1) is 6.42 Å². The lowest BCUT2D eigenvalue weighted by Crippen LogP contribution is -2.10. The summed E-state index contributed by atoms with van der Waals surface area (Å²) in [5.41, 5.74) is 2.35. The molecule has 0 saturated carbocycles. The minimum atomic E-state index is -0.447. The number of amides is 1. The smallest absolute Gasteiger partial charge is 0.322 e. The molecule has 0 aliphatic rings. The molecule has 0 radical (unpaired) electrons. The molecule has 124 valence electrons. The van der Waals surface area contributed by atoms with Crippen molar-refractivity contribution < 1.29 is 13.6 Å². The average Bonchev–Trinajstić information content (AvgIpc) is 3.17. The van der Waals surface area contributed by atoms with Crippen molar-refractivity contribution >= 4 is 27.9 Å². The zero-order valence-corrected chi connectivity index (χ0v) is 14.8. The summed E-state index contributed by atoms with van der Waals surface area (Å²) in [6, 6.07) is 11.5. The molecule has 7 heteroatoms. The van der Waals surface area contributed by atoms with Crippen LogP contribution >= 0.6 is 15.9 Å². The summed E-state index contributed by atoms with van der Waals surface area (Å²) < 4.78 is 11.1. The van der Waals surface area contributed by atoms with Gasteiger partial charge in [-0.2, -0.15) is 0 Å². The van der Waals surface area contributed by atoms with Crippen molar-refractivity contribution in [3.63, 3.8) is 0 Å². The van der Waals surface area contributed by atoms with E-state index < -0.39 is 5.91 Å². The van der Waals surface area contributed by atoms with Crippen molar-refractivity contribution in [2.24, 2.45) is 0 Å². The molecule has 24 heavy (non-hydrogen) atoms. The highest BCUT2D eigenvalue weighted by Crippen LogP contribution is 2.18. The fourth-order valence-electron chi connectivity index (χ4n) is 2.17. The zero-order chi connectivity index (χ0) is 17.1. The van der Waals surface area contributed by atoms with Crippen molar-refractivity contribution in [2.75, 3.05) is 5.32 Å². The Kier molecular flexibility index (Phi) is 4.80. The summed E-state index contributed by atoms with van der Waals surface area (Å²) in [6.07, 6.45) is 0.507. The Morgan fingerprint density at radius 1 is 1.12 bits per heavy atom. The van der Waals surface area contributed by atoms with Crippen molar-refractivity contribution in [3.05, 3.63) is 63.8 Å². The Hall–Kier alpha value is -2.41.